The normalized spacial score (nSPS) is 28.8. The molecule has 7 heteroatoms. The fraction of sp³-hybridized carbons (Fsp3) is 0.650. The number of carbonyl (C=O) groups excluding carboxylic acids is 1. The van der Waals surface area contributed by atoms with E-state index < -0.39 is 11.7 Å². The molecule has 2 aliphatic carbocycles. The molecule has 0 aromatic heterocycles. The first-order valence-electron chi connectivity index (χ1n) is 9.46. The van der Waals surface area contributed by atoms with E-state index in [0.29, 0.717) is 18.3 Å². The molecule has 1 aromatic rings. The van der Waals surface area contributed by atoms with Crippen molar-refractivity contribution in [2.24, 2.45) is 23.5 Å². The van der Waals surface area contributed by atoms with Gasteiger partial charge in [0.25, 0.3) is 0 Å². The summed E-state index contributed by atoms with van der Waals surface area (Å²) in [6.45, 7) is 1.83. The second kappa shape index (κ2) is 8.82. The van der Waals surface area contributed by atoms with Gasteiger partial charge < -0.3 is 11.1 Å². The molecule has 3 rings (SSSR count). The summed E-state index contributed by atoms with van der Waals surface area (Å²) in [7, 11) is 0. The summed E-state index contributed by atoms with van der Waals surface area (Å²) in [5.74, 6) is 0.629. The number of hydrogen-bond acceptors (Lipinski definition) is 2. The van der Waals surface area contributed by atoms with Crippen LogP contribution in [-0.2, 0) is 17.4 Å². The summed E-state index contributed by atoms with van der Waals surface area (Å²) < 4.78 is 37.9. The van der Waals surface area contributed by atoms with E-state index in [4.69, 9.17) is 5.73 Å². The summed E-state index contributed by atoms with van der Waals surface area (Å²) >= 11 is 0. The molecule has 0 radical (unpaired) electrons. The maximum atomic E-state index is 12.6. The predicted molar refractivity (Wildman–Crippen MR) is 102 cm³/mol. The first-order chi connectivity index (χ1) is 12.2. The molecule has 27 heavy (non-hydrogen) atoms. The molecule has 3 unspecified atom stereocenters. The molecule has 0 heterocycles. The van der Waals surface area contributed by atoms with Crippen LogP contribution in [0.25, 0.3) is 0 Å². The minimum atomic E-state index is -4.33. The summed E-state index contributed by atoms with van der Waals surface area (Å²) in [5.41, 5.74) is 6.21. The summed E-state index contributed by atoms with van der Waals surface area (Å²) in [6.07, 6.45) is 1.47. The summed E-state index contributed by atoms with van der Waals surface area (Å²) in [5, 5.41) is 3.22. The minimum Gasteiger partial charge on any atom is -0.353 e. The van der Waals surface area contributed by atoms with Crippen LogP contribution in [0.5, 0.6) is 0 Å². The highest BCUT2D eigenvalue weighted by Gasteiger charge is 2.40. The van der Waals surface area contributed by atoms with Crippen molar-refractivity contribution < 1.29 is 18.0 Å². The zero-order valence-electron chi connectivity index (χ0n) is 15.5. The van der Waals surface area contributed by atoms with E-state index in [2.05, 4.69) is 5.32 Å². The summed E-state index contributed by atoms with van der Waals surface area (Å²) in [6, 6.07) is 5.51. The number of rotatable bonds is 4. The minimum absolute atomic E-state index is 0. The lowest BCUT2D eigenvalue weighted by atomic mass is 9.67. The molecule has 2 aliphatic rings. The predicted octanol–water partition coefficient (Wildman–Crippen LogP) is 4.33. The third kappa shape index (κ3) is 5.38. The largest absolute Gasteiger partial charge is 0.416 e. The molecule has 1 aromatic carbocycles. The van der Waals surface area contributed by atoms with Crippen molar-refractivity contribution in [3.63, 3.8) is 0 Å². The van der Waals surface area contributed by atoms with E-state index in [1.54, 1.807) is 0 Å². The molecule has 2 fully saturated rings. The highest BCUT2D eigenvalue weighted by molar-refractivity contribution is 5.85. The molecule has 152 valence electrons. The van der Waals surface area contributed by atoms with Crippen LogP contribution in [0, 0.1) is 17.8 Å². The van der Waals surface area contributed by atoms with E-state index in [9.17, 15) is 18.0 Å². The van der Waals surface area contributed by atoms with Crippen LogP contribution >= 0.6 is 12.4 Å². The standard InChI is InChI=1S/C20H27F3N2O.ClH/c1-12(9-13-5-7-16(8-6-13)20(21,22)23)19(26)25-18-14-3-2-4-15(18)11-17(24)10-14;/h5-8,12,14-15,17-18H,2-4,9-11,24H2,1H3,(H,25,26);1H. The van der Waals surface area contributed by atoms with Gasteiger partial charge in [-0.1, -0.05) is 25.5 Å². The molecule has 1 amide bonds. The van der Waals surface area contributed by atoms with E-state index in [0.717, 1.165) is 43.4 Å². The Morgan fingerprint density at radius 1 is 1.19 bits per heavy atom. The Balaban J connectivity index is 0.00000261. The van der Waals surface area contributed by atoms with Gasteiger partial charge in [-0.3, -0.25) is 4.79 Å². The fourth-order valence-corrected chi connectivity index (χ4v) is 4.61. The van der Waals surface area contributed by atoms with Crippen LogP contribution in [-0.4, -0.2) is 18.0 Å². The smallest absolute Gasteiger partial charge is 0.353 e. The van der Waals surface area contributed by atoms with Crippen LogP contribution in [0.4, 0.5) is 13.2 Å². The van der Waals surface area contributed by atoms with Gasteiger partial charge >= 0.3 is 6.18 Å². The first kappa shape index (κ1) is 22.0. The number of nitrogens with one attached hydrogen (secondary N) is 1. The Labute approximate surface area is 164 Å². The van der Waals surface area contributed by atoms with Gasteiger partial charge in [-0.2, -0.15) is 13.2 Å². The van der Waals surface area contributed by atoms with E-state index in [1.165, 1.54) is 18.6 Å². The van der Waals surface area contributed by atoms with E-state index in [-0.39, 0.29) is 36.3 Å². The Hall–Kier alpha value is -1.27. The van der Waals surface area contributed by atoms with E-state index in [1.807, 2.05) is 6.92 Å². The van der Waals surface area contributed by atoms with Crippen LogP contribution in [0.3, 0.4) is 0 Å². The molecule has 3 nitrogen and oxygen atoms in total. The Bertz CT molecular complexity index is 621. The van der Waals surface area contributed by atoms with Gasteiger partial charge in [-0.25, -0.2) is 0 Å². The number of fused-ring (bicyclic) bond motifs is 2. The third-order valence-electron chi connectivity index (χ3n) is 5.96. The van der Waals surface area contributed by atoms with Gasteiger partial charge in [0.15, 0.2) is 0 Å². The first-order valence-corrected chi connectivity index (χ1v) is 9.46. The Morgan fingerprint density at radius 3 is 2.26 bits per heavy atom. The number of halogens is 4. The van der Waals surface area contributed by atoms with Crippen molar-refractivity contribution in [3.8, 4) is 0 Å². The third-order valence-corrected chi connectivity index (χ3v) is 5.96. The maximum Gasteiger partial charge on any atom is 0.416 e. The second-order valence-electron chi connectivity index (χ2n) is 8.02. The molecule has 2 bridgehead atoms. The monoisotopic (exact) mass is 404 g/mol. The zero-order valence-corrected chi connectivity index (χ0v) is 16.3. The van der Waals surface area contributed by atoms with Crippen LogP contribution in [0.15, 0.2) is 24.3 Å². The van der Waals surface area contributed by atoms with Crippen molar-refractivity contribution in [3.05, 3.63) is 35.4 Å². The molecular weight excluding hydrogens is 377 g/mol. The molecule has 2 saturated carbocycles. The maximum absolute atomic E-state index is 12.6. The number of nitrogens with two attached hydrogens (primary N) is 1. The van der Waals surface area contributed by atoms with E-state index >= 15 is 0 Å². The SMILES string of the molecule is CC(Cc1ccc(C(F)(F)F)cc1)C(=O)NC1C2CCCC1CC(N)C2.Cl. The molecule has 0 spiro atoms. The topological polar surface area (TPSA) is 55.1 Å². The number of amides is 1. The lowest BCUT2D eigenvalue weighted by Crippen LogP contribution is -2.54. The Morgan fingerprint density at radius 2 is 1.74 bits per heavy atom. The van der Waals surface area contributed by atoms with Gasteiger partial charge in [-0.15, -0.1) is 12.4 Å². The lowest BCUT2D eigenvalue weighted by Gasteiger charge is -2.45. The number of hydrogen-bond donors (Lipinski definition) is 2. The molecule has 3 atom stereocenters. The van der Waals surface area contributed by atoms with Crippen LogP contribution in [0.1, 0.15) is 50.2 Å². The highest BCUT2D eigenvalue weighted by Crippen LogP contribution is 2.39. The van der Waals surface area contributed by atoms with Crippen molar-refractivity contribution in [1.29, 1.82) is 0 Å². The van der Waals surface area contributed by atoms with Crippen LogP contribution < -0.4 is 11.1 Å². The second-order valence-corrected chi connectivity index (χ2v) is 8.02. The van der Waals surface area contributed by atoms with Gasteiger partial charge in [0.2, 0.25) is 5.91 Å². The molecule has 0 aliphatic heterocycles. The van der Waals surface area contributed by atoms with Gasteiger partial charge in [0, 0.05) is 18.0 Å². The number of alkyl halides is 3. The average molecular weight is 405 g/mol. The molecular formula is C20H28ClF3N2O. The lowest BCUT2D eigenvalue weighted by molar-refractivity contribution is -0.137. The van der Waals surface area contributed by atoms with Crippen molar-refractivity contribution in [2.45, 2.75) is 63.7 Å². The Kier molecular flexibility index (Phi) is 7.20. The number of benzene rings is 1. The fourth-order valence-electron chi connectivity index (χ4n) is 4.61. The zero-order chi connectivity index (χ0) is 18.9. The summed E-state index contributed by atoms with van der Waals surface area (Å²) in [4.78, 5) is 12.6. The van der Waals surface area contributed by atoms with Crippen LogP contribution in [0.2, 0.25) is 0 Å². The quantitative estimate of drug-likeness (QED) is 0.784. The van der Waals surface area contributed by atoms with Gasteiger partial charge in [0.1, 0.15) is 0 Å². The van der Waals surface area contributed by atoms with Crippen molar-refractivity contribution >= 4 is 18.3 Å². The van der Waals surface area contributed by atoms with Gasteiger partial charge in [0.05, 0.1) is 5.56 Å². The van der Waals surface area contributed by atoms with Gasteiger partial charge in [-0.05, 0) is 61.6 Å². The highest BCUT2D eigenvalue weighted by atomic mass is 35.5. The average Bonchev–Trinajstić information content (AvgIpc) is 2.55. The molecule has 0 saturated heterocycles. The molecule has 3 N–H and O–H groups in total. The van der Waals surface area contributed by atoms with Crippen molar-refractivity contribution in [1.82, 2.24) is 5.32 Å². The van der Waals surface area contributed by atoms with Crippen molar-refractivity contribution in [2.75, 3.05) is 0 Å². The number of carbonyl (C=O) groups is 1.